The molecule has 2 rings (SSSR count). The summed E-state index contributed by atoms with van der Waals surface area (Å²) in [7, 11) is 1.39. The van der Waals surface area contributed by atoms with Gasteiger partial charge in [-0.25, -0.2) is 9.97 Å². The van der Waals surface area contributed by atoms with Crippen molar-refractivity contribution < 1.29 is 14.3 Å². The minimum Gasteiger partial charge on any atom is -0.469 e. The summed E-state index contributed by atoms with van der Waals surface area (Å²) in [4.78, 5) is 22.6. The van der Waals surface area contributed by atoms with Crippen molar-refractivity contribution in [2.75, 3.05) is 31.7 Å². The standard InChI is InChI=1S/C15H23N3O3/c1-10(2)13-7-11(3)16-15(17-13)18-5-6-21-12(9-18)8-14(19)20-4/h7,10,12H,5-6,8-9H2,1-4H3. The summed E-state index contributed by atoms with van der Waals surface area (Å²) in [6.45, 7) is 8.12. The van der Waals surface area contributed by atoms with Crippen molar-refractivity contribution >= 4 is 11.9 Å². The van der Waals surface area contributed by atoms with E-state index in [4.69, 9.17) is 9.47 Å². The summed E-state index contributed by atoms with van der Waals surface area (Å²) < 4.78 is 10.3. The number of morpholine rings is 1. The Morgan fingerprint density at radius 3 is 2.95 bits per heavy atom. The summed E-state index contributed by atoms with van der Waals surface area (Å²) in [5, 5.41) is 0. The van der Waals surface area contributed by atoms with E-state index in [1.165, 1.54) is 7.11 Å². The van der Waals surface area contributed by atoms with Gasteiger partial charge in [-0.05, 0) is 18.9 Å². The van der Waals surface area contributed by atoms with Crippen LogP contribution in [0.4, 0.5) is 5.95 Å². The topological polar surface area (TPSA) is 64.5 Å². The fourth-order valence-corrected chi connectivity index (χ4v) is 2.31. The molecule has 6 nitrogen and oxygen atoms in total. The van der Waals surface area contributed by atoms with Crippen molar-refractivity contribution in [1.29, 1.82) is 0 Å². The Hall–Kier alpha value is -1.69. The highest BCUT2D eigenvalue weighted by Gasteiger charge is 2.25. The van der Waals surface area contributed by atoms with Gasteiger partial charge in [0.25, 0.3) is 0 Å². The third-order valence-corrected chi connectivity index (χ3v) is 3.50. The van der Waals surface area contributed by atoms with E-state index in [1.807, 2.05) is 13.0 Å². The van der Waals surface area contributed by atoms with Gasteiger partial charge in [0.1, 0.15) is 0 Å². The fourth-order valence-electron chi connectivity index (χ4n) is 2.31. The molecular weight excluding hydrogens is 270 g/mol. The number of hydrogen-bond donors (Lipinski definition) is 0. The SMILES string of the molecule is COC(=O)CC1CN(c2nc(C)cc(C(C)C)n2)CCO1. The number of hydrogen-bond acceptors (Lipinski definition) is 6. The molecule has 116 valence electrons. The lowest BCUT2D eigenvalue weighted by Crippen LogP contribution is -2.44. The molecule has 1 atom stereocenters. The van der Waals surface area contributed by atoms with Crippen LogP contribution >= 0.6 is 0 Å². The van der Waals surface area contributed by atoms with E-state index in [9.17, 15) is 4.79 Å². The molecule has 1 aromatic rings. The zero-order chi connectivity index (χ0) is 15.4. The molecule has 21 heavy (non-hydrogen) atoms. The van der Waals surface area contributed by atoms with Crippen LogP contribution in [0, 0.1) is 6.92 Å². The Labute approximate surface area is 125 Å². The highest BCUT2D eigenvalue weighted by atomic mass is 16.5. The number of ether oxygens (including phenoxy) is 2. The zero-order valence-corrected chi connectivity index (χ0v) is 13.1. The molecule has 1 unspecified atom stereocenters. The molecule has 6 heteroatoms. The van der Waals surface area contributed by atoms with Crippen LogP contribution in [0.1, 0.15) is 37.6 Å². The molecule has 1 fully saturated rings. The average Bonchev–Trinajstić information content (AvgIpc) is 2.46. The molecule has 0 saturated carbocycles. The number of aryl methyl sites for hydroxylation is 1. The van der Waals surface area contributed by atoms with Crippen LogP contribution in [0.25, 0.3) is 0 Å². The van der Waals surface area contributed by atoms with Crippen LogP contribution in [0.3, 0.4) is 0 Å². The summed E-state index contributed by atoms with van der Waals surface area (Å²) in [6.07, 6.45) is 0.0911. The van der Waals surface area contributed by atoms with E-state index in [2.05, 4.69) is 28.7 Å². The smallest absolute Gasteiger partial charge is 0.308 e. The number of aromatic nitrogens is 2. The maximum atomic E-state index is 11.4. The predicted octanol–water partition coefficient (Wildman–Crippen LogP) is 1.68. The third kappa shape index (κ3) is 4.14. The summed E-state index contributed by atoms with van der Waals surface area (Å²) in [5.74, 6) is 0.823. The zero-order valence-electron chi connectivity index (χ0n) is 13.1. The minimum atomic E-state index is -0.255. The maximum absolute atomic E-state index is 11.4. The number of carbonyl (C=O) groups excluding carboxylic acids is 1. The predicted molar refractivity (Wildman–Crippen MR) is 79.4 cm³/mol. The van der Waals surface area contributed by atoms with Crippen molar-refractivity contribution in [3.63, 3.8) is 0 Å². The second kappa shape index (κ2) is 6.85. The molecule has 0 radical (unpaired) electrons. The Bertz CT molecular complexity index is 505. The number of carbonyl (C=O) groups is 1. The molecule has 0 aromatic carbocycles. The lowest BCUT2D eigenvalue weighted by molar-refractivity contribution is -0.144. The van der Waals surface area contributed by atoms with Gasteiger partial charge in [-0.1, -0.05) is 13.8 Å². The fraction of sp³-hybridized carbons (Fsp3) is 0.667. The monoisotopic (exact) mass is 293 g/mol. The molecule has 0 spiro atoms. The molecule has 1 aromatic heterocycles. The second-order valence-corrected chi connectivity index (χ2v) is 5.61. The van der Waals surface area contributed by atoms with E-state index >= 15 is 0 Å². The highest BCUT2D eigenvalue weighted by Crippen LogP contribution is 2.19. The van der Waals surface area contributed by atoms with Gasteiger partial charge in [0.2, 0.25) is 5.95 Å². The second-order valence-electron chi connectivity index (χ2n) is 5.61. The van der Waals surface area contributed by atoms with Crippen LogP contribution < -0.4 is 4.90 Å². The average molecular weight is 293 g/mol. The van der Waals surface area contributed by atoms with E-state index in [0.29, 0.717) is 19.1 Å². The Kier molecular flexibility index (Phi) is 5.12. The van der Waals surface area contributed by atoms with Crippen molar-refractivity contribution in [2.45, 2.75) is 39.2 Å². The van der Waals surface area contributed by atoms with Crippen LogP contribution in [0.15, 0.2) is 6.07 Å². The summed E-state index contributed by atoms with van der Waals surface area (Å²) in [5.41, 5.74) is 1.99. The van der Waals surface area contributed by atoms with Gasteiger partial charge in [0, 0.05) is 24.5 Å². The van der Waals surface area contributed by atoms with Crippen LogP contribution in [0.5, 0.6) is 0 Å². The molecule has 0 N–H and O–H groups in total. The quantitative estimate of drug-likeness (QED) is 0.787. The number of nitrogens with zero attached hydrogens (tertiary/aromatic N) is 3. The molecular formula is C15H23N3O3. The first-order chi connectivity index (χ1) is 9.99. The first-order valence-electron chi connectivity index (χ1n) is 7.28. The van der Waals surface area contributed by atoms with Gasteiger partial charge < -0.3 is 14.4 Å². The Morgan fingerprint density at radius 2 is 2.29 bits per heavy atom. The van der Waals surface area contributed by atoms with Gasteiger partial charge in [0.15, 0.2) is 0 Å². The molecule has 1 saturated heterocycles. The minimum absolute atomic E-state index is 0.169. The maximum Gasteiger partial charge on any atom is 0.308 e. The van der Waals surface area contributed by atoms with Gasteiger partial charge in [-0.2, -0.15) is 0 Å². The van der Waals surface area contributed by atoms with Gasteiger partial charge in [-0.15, -0.1) is 0 Å². The molecule has 0 aliphatic carbocycles. The number of rotatable bonds is 4. The Morgan fingerprint density at radius 1 is 1.52 bits per heavy atom. The number of esters is 1. The largest absolute Gasteiger partial charge is 0.469 e. The van der Waals surface area contributed by atoms with Gasteiger partial charge >= 0.3 is 5.97 Å². The van der Waals surface area contributed by atoms with E-state index in [0.717, 1.165) is 23.9 Å². The number of anilines is 1. The first-order valence-corrected chi connectivity index (χ1v) is 7.28. The molecule has 1 aliphatic heterocycles. The summed E-state index contributed by atoms with van der Waals surface area (Å²) >= 11 is 0. The van der Waals surface area contributed by atoms with Crippen LogP contribution in [0.2, 0.25) is 0 Å². The first kappa shape index (κ1) is 15.7. The third-order valence-electron chi connectivity index (χ3n) is 3.50. The lowest BCUT2D eigenvalue weighted by Gasteiger charge is -2.32. The molecule has 1 aliphatic rings. The van der Waals surface area contributed by atoms with Crippen LogP contribution in [-0.2, 0) is 14.3 Å². The van der Waals surface area contributed by atoms with Crippen molar-refractivity contribution in [3.05, 3.63) is 17.5 Å². The molecule has 0 bridgehead atoms. The number of methoxy groups -OCH3 is 1. The van der Waals surface area contributed by atoms with Crippen LogP contribution in [-0.4, -0.2) is 48.8 Å². The highest BCUT2D eigenvalue weighted by molar-refractivity contribution is 5.69. The van der Waals surface area contributed by atoms with E-state index in [-0.39, 0.29) is 18.5 Å². The lowest BCUT2D eigenvalue weighted by atomic mass is 10.1. The molecule has 2 heterocycles. The van der Waals surface area contributed by atoms with Crippen molar-refractivity contribution in [1.82, 2.24) is 9.97 Å². The summed E-state index contributed by atoms with van der Waals surface area (Å²) in [6, 6.07) is 2.01. The van der Waals surface area contributed by atoms with E-state index < -0.39 is 0 Å². The normalized spacial score (nSPS) is 18.9. The molecule has 0 amide bonds. The van der Waals surface area contributed by atoms with Crippen molar-refractivity contribution in [2.24, 2.45) is 0 Å². The van der Waals surface area contributed by atoms with Gasteiger partial charge in [0.05, 0.1) is 26.2 Å². The Balaban J connectivity index is 2.12. The van der Waals surface area contributed by atoms with Crippen molar-refractivity contribution in [3.8, 4) is 0 Å². The van der Waals surface area contributed by atoms with Gasteiger partial charge in [-0.3, -0.25) is 4.79 Å². The van der Waals surface area contributed by atoms with E-state index in [1.54, 1.807) is 0 Å².